The first-order valence-corrected chi connectivity index (χ1v) is 7.13. The van der Waals surface area contributed by atoms with Crippen LogP contribution in [0.5, 0.6) is 0 Å². The van der Waals surface area contributed by atoms with Crippen molar-refractivity contribution in [2.24, 2.45) is 0 Å². The molecular formula is C16H13ClN2O3. The number of rotatable bonds is 5. The first-order chi connectivity index (χ1) is 10.7. The monoisotopic (exact) mass is 316 g/mol. The number of nitrogens with zero attached hydrogens (tertiary/aromatic N) is 1. The highest BCUT2D eigenvalue weighted by atomic mass is 35.5. The molecule has 1 amide bonds. The van der Waals surface area contributed by atoms with Gasteiger partial charge in [0.05, 0.1) is 12.0 Å². The molecule has 22 heavy (non-hydrogen) atoms. The van der Waals surface area contributed by atoms with E-state index in [0.29, 0.717) is 29.5 Å². The van der Waals surface area contributed by atoms with Gasteiger partial charge in [-0.25, -0.2) is 0 Å². The van der Waals surface area contributed by atoms with Crippen LogP contribution in [0.4, 0.5) is 0 Å². The molecule has 112 valence electrons. The van der Waals surface area contributed by atoms with E-state index in [1.165, 1.54) is 6.26 Å². The van der Waals surface area contributed by atoms with E-state index < -0.39 is 0 Å². The van der Waals surface area contributed by atoms with Crippen LogP contribution in [-0.2, 0) is 6.42 Å². The number of hydrogen-bond donors (Lipinski definition) is 1. The minimum Gasteiger partial charge on any atom is -0.459 e. The fourth-order valence-electron chi connectivity index (χ4n) is 1.98. The molecule has 0 unspecified atom stereocenters. The van der Waals surface area contributed by atoms with Gasteiger partial charge in [-0.05, 0) is 36.4 Å². The number of halogens is 1. The maximum absolute atomic E-state index is 11.7. The predicted octanol–water partition coefficient (Wildman–Crippen LogP) is 3.56. The van der Waals surface area contributed by atoms with Crippen LogP contribution < -0.4 is 5.32 Å². The van der Waals surface area contributed by atoms with Crippen LogP contribution in [0, 0.1) is 0 Å². The van der Waals surface area contributed by atoms with E-state index in [0.717, 1.165) is 11.3 Å². The molecule has 0 spiro atoms. The summed E-state index contributed by atoms with van der Waals surface area (Å²) in [7, 11) is 0. The molecular weight excluding hydrogens is 304 g/mol. The second kappa shape index (κ2) is 6.49. The van der Waals surface area contributed by atoms with E-state index in [1.807, 2.05) is 18.2 Å². The number of furan rings is 1. The van der Waals surface area contributed by atoms with Gasteiger partial charge in [-0.3, -0.25) is 4.79 Å². The molecule has 0 aliphatic heterocycles. The molecule has 0 saturated heterocycles. The lowest BCUT2D eigenvalue weighted by Crippen LogP contribution is -2.25. The highest BCUT2D eigenvalue weighted by Gasteiger charge is 2.09. The van der Waals surface area contributed by atoms with Crippen molar-refractivity contribution in [2.45, 2.75) is 6.42 Å². The summed E-state index contributed by atoms with van der Waals surface area (Å²) in [6.45, 7) is 0.451. The van der Waals surface area contributed by atoms with Gasteiger partial charge in [-0.15, -0.1) is 0 Å². The van der Waals surface area contributed by atoms with Crippen molar-refractivity contribution < 1.29 is 13.7 Å². The third kappa shape index (κ3) is 3.38. The molecule has 2 heterocycles. The standard InChI is InChI=1S/C16H13ClN2O3/c17-12-5-3-11(4-6-12)15-10-13(19-22-15)7-8-18-16(20)14-2-1-9-21-14/h1-6,9-10H,7-8H2,(H,18,20). The lowest BCUT2D eigenvalue weighted by Gasteiger charge is -2.00. The highest BCUT2D eigenvalue weighted by molar-refractivity contribution is 6.30. The summed E-state index contributed by atoms with van der Waals surface area (Å²) in [6, 6.07) is 12.5. The summed E-state index contributed by atoms with van der Waals surface area (Å²) < 4.78 is 10.3. The van der Waals surface area contributed by atoms with Gasteiger partial charge in [-0.2, -0.15) is 0 Å². The van der Waals surface area contributed by atoms with Crippen molar-refractivity contribution in [1.82, 2.24) is 10.5 Å². The predicted molar refractivity (Wildman–Crippen MR) is 81.7 cm³/mol. The zero-order valence-corrected chi connectivity index (χ0v) is 12.3. The first-order valence-electron chi connectivity index (χ1n) is 6.75. The largest absolute Gasteiger partial charge is 0.459 e. The summed E-state index contributed by atoms with van der Waals surface area (Å²) >= 11 is 5.85. The smallest absolute Gasteiger partial charge is 0.286 e. The summed E-state index contributed by atoms with van der Waals surface area (Å²) in [5.74, 6) is 0.720. The molecule has 1 N–H and O–H groups in total. The van der Waals surface area contributed by atoms with Crippen LogP contribution in [0.25, 0.3) is 11.3 Å². The Morgan fingerprint density at radius 3 is 2.77 bits per heavy atom. The Morgan fingerprint density at radius 2 is 2.05 bits per heavy atom. The lowest BCUT2D eigenvalue weighted by molar-refractivity contribution is 0.0926. The topological polar surface area (TPSA) is 68.3 Å². The zero-order chi connectivity index (χ0) is 15.4. The van der Waals surface area contributed by atoms with Gasteiger partial charge in [0, 0.05) is 29.6 Å². The summed E-state index contributed by atoms with van der Waals surface area (Å²) in [4.78, 5) is 11.7. The van der Waals surface area contributed by atoms with Crippen molar-refractivity contribution in [3.05, 3.63) is 65.2 Å². The molecule has 5 nitrogen and oxygen atoms in total. The second-order valence-electron chi connectivity index (χ2n) is 4.67. The molecule has 3 aromatic rings. The number of benzene rings is 1. The van der Waals surface area contributed by atoms with Crippen molar-refractivity contribution in [3.8, 4) is 11.3 Å². The molecule has 0 bridgehead atoms. The van der Waals surface area contributed by atoms with Crippen LogP contribution in [0.2, 0.25) is 5.02 Å². The quantitative estimate of drug-likeness (QED) is 0.781. The molecule has 6 heteroatoms. The first kappa shape index (κ1) is 14.4. The molecule has 0 atom stereocenters. The fourth-order valence-corrected chi connectivity index (χ4v) is 2.10. The molecule has 2 aromatic heterocycles. The molecule has 0 saturated carbocycles. The normalized spacial score (nSPS) is 10.6. The number of hydrogen-bond acceptors (Lipinski definition) is 4. The number of aromatic nitrogens is 1. The molecule has 0 fully saturated rings. The Hall–Kier alpha value is -2.53. The van der Waals surface area contributed by atoms with Crippen molar-refractivity contribution in [1.29, 1.82) is 0 Å². The van der Waals surface area contributed by atoms with E-state index >= 15 is 0 Å². The van der Waals surface area contributed by atoms with Gasteiger partial charge in [-0.1, -0.05) is 16.8 Å². The molecule has 1 aromatic carbocycles. The minimum absolute atomic E-state index is 0.244. The van der Waals surface area contributed by atoms with E-state index in [4.69, 9.17) is 20.5 Å². The molecule has 0 aliphatic rings. The third-order valence-electron chi connectivity index (χ3n) is 3.10. The van der Waals surface area contributed by atoms with E-state index in [2.05, 4.69) is 10.5 Å². The lowest BCUT2D eigenvalue weighted by atomic mass is 10.1. The maximum Gasteiger partial charge on any atom is 0.286 e. The van der Waals surface area contributed by atoms with Crippen molar-refractivity contribution in [3.63, 3.8) is 0 Å². The van der Waals surface area contributed by atoms with Crippen molar-refractivity contribution in [2.75, 3.05) is 6.54 Å². The Labute approximate surface area is 131 Å². The zero-order valence-electron chi connectivity index (χ0n) is 11.6. The van der Waals surface area contributed by atoms with E-state index in [1.54, 1.807) is 24.3 Å². The van der Waals surface area contributed by atoms with Crippen LogP contribution in [0.1, 0.15) is 16.2 Å². The second-order valence-corrected chi connectivity index (χ2v) is 5.11. The Morgan fingerprint density at radius 1 is 1.23 bits per heavy atom. The summed E-state index contributed by atoms with van der Waals surface area (Å²) in [6.07, 6.45) is 2.04. The average molecular weight is 317 g/mol. The Kier molecular flexibility index (Phi) is 4.25. The summed E-state index contributed by atoms with van der Waals surface area (Å²) in [5.41, 5.74) is 1.67. The Balaban J connectivity index is 1.56. The van der Waals surface area contributed by atoms with Gasteiger partial charge in [0.2, 0.25) is 0 Å². The van der Waals surface area contributed by atoms with Crippen LogP contribution in [0.3, 0.4) is 0 Å². The van der Waals surface area contributed by atoms with Gasteiger partial charge < -0.3 is 14.3 Å². The van der Waals surface area contributed by atoms with Crippen LogP contribution in [0.15, 0.2) is 57.7 Å². The van der Waals surface area contributed by atoms with Gasteiger partial charge >= 0.3 is 0 Å². The average Bonchev–Trinajstić information content (AvgIpc) is 3.19. The number of carbonyl (C=O) groups is 1. The van der Waals surface area contributed by atoms with Crippen LogP contribution in [-0.4, -0.2) is 17.6 Å². The third-order valence-corrected chi connectivity index (χ3v) is 3.35. The minimum atomic E-state index is -0.244. The number of nitrogens with one attached hydrogen (secondary N) is 1. The van der Waals surface area contributed by atoms with E-state index in [-0.39, 0.29) is 5.91 Å². The summed E-state index contributed by atoms with van der Waals surface area (Å²) in [5, 5.41) is 7.42. The fraction of sp³-hybridized carbons (Fsp3) is 0.125. The highest BCUT2D eigenvalue weighted by Crippen LogP contribution is 2.22. The van der Waals surface area contributed by atoms with E-state index in [9.17, 15) is 4.79 Å². The molecule has 3 rings (SSSR count). The van der Waals surface area contributed by atoms with Crippen molar-refractivity contribution >= 4 is 17.5 Å². The molecule has 0 radical (unpaired) electrons. The molecule has 0 aliphatic carbocycles. The van der Waals surface area contributed by atoms with Gasteiger partial charge in [0.1, 0.15) is 0 Å². The SMILES string of the molecule is O=C(NCCc1cc(-c2ccc(Cl)cc2)on1)c1ccco1. The number of amides is 1. The Bertz CT molecular complexity index is 748. The maximum atomic E-state index is 11.7. The van der Waals surface area contributed by atoms with Crippen LogP contribution >= 0.6 is 11.6 Å². The van der Waals surface area contributed by atoms with Gasteiger partial charge in [0.15, 0.2) is 11.5 Å². The van der Waals surface area contributed by atoms with Gasteiger partial charge in [0.25, 0.3) is 5.91 Å². The number of carbonyl (C=O) groups excluding carboxylic acids is 1.